The third kappa shape index (κ3) is 5.23. The fraction of sp³-hybridized carbons (Fsp3) is 0.318. The summed E-state index contributed by atoms with van der Waals surface area (Å²) in [4.78, 5) is 31.6. The first kappa shape index (κ1) is 20.1. The number of nitrogens with zero attached hydrogens (tertiary/aromatic N) is 2. The maximum Gasteiger partial charge on any atom is 0.247 e. The Hall–Kier alpha value is -2.60. The van der Waals surface area contributed by atoms with Crippen molar-refractivity contribution >= 4 is 40.1 Å². The molecule has 1 aliphatic rings. The van der Waals surface area contributed by atoms with Crippen molar-refractivity contribution < 1.29 is 9.59 Å². The highest BCUT2D eigenvalue weighted by Crippen LogP contribution is 2.35. The first-order chi connectivity index (χ1) is 13.7. The smallest absolute Gasteiger partial charge is 0.247 e. The number of para-hydroxylation sites is 2. The average molecular weight is 396 g/mol. The Morgan fingerprint density at radius 1 is 1.07 bits per heavy atom. The van der Waals surface area contributed by atoms with Crippen LogP contribution in [0.15, 0.2) is 65.7 Å². The van der Waals surface area contributed by atoms with E-state index in [4.69, 9.17) is 0 Å². The number of carbonyl (C=O) groups is 2. The van der Waals surface area contributed by atoms with Crippen LogP contribution >= 0.6 is 11.8 Å². The summed E-state index contributed by atoms with van der Waals surface area (Å²) in [7, 11) is 0. The molecule has 6 heteroatoms. The van der Waals surface area contributed by atoms with Crippen molar-refractivity contribution in [1.82, 2.24) is 5.32 Å². The predicted molar refractivity (Wildman–Crippen MR) is 116 cm³/mol. The largest absolute Gasteiger partial charge is 0.356 e. The number of thioether (sulfide) groups is 1. The highest BCUT2D eigenvalue weighted by atomic mass is 32.2. The van der Waals surface area contributed by atoms with Crippen LogP contribution in [0.1, 0.15) is 32.6 Å². The molecular formula is C22H25N3O2S. The third-order valence-electron chi connectivity index (χ3n) is 4.40. The summed E-state index contributed by atoms with van der Waals surface area (Å²) in [5, 5.41) is 3.06. The lowest BCUT2D eigenvalue weighted by molar-refractivity contribution is -0.124. The Labute approximate surface area is 170 Å². The minimum atomic E-state index is -0.464. The second kappa shape index (κ2) is 10.1. The van der Waals surface area contributed by atoms with E-state index in [0.29, 0.717) is 11.7 Å². The third-order valence-corrected chi connectivity index (χ3v) is 5.54. The van der Waals surface area contributed by atoms with Crippen LogP contribution in [0.5, 0.6) is 0 Å². The van der Waals surface area contributed by atoms with Gasteiger partial charge >= 0.3 is 0 Å². The van der Waals surface area contributed by atoms with Crippen LogP contribution in [0.3, 0.4) is 0 Å². The number of hydrogen-bond donors (Lipinski definition) is 1. The van der Waals surface area contributed by atoms with Crippen molar-refractivity contribution in [3.8, 4) is 0 Å². The first-order valence-electron chi connectivity index (χ1n) is 9.65. The van der Waals surface area contributed by atoms with Crippen molar-refractivity contribution in [2.24, 2.45) is 4.99 Å². The lowest BCUT2D eigenvalue weighted by Gasteiger charge is -2.16. The van der Waals surface area contributed by atoms with Gasteiger partial charge in [-0.2, -0.15) is 0 Å². The van der Waals surface area contributed by atoms with Crippen LogP contribution in [0.2, 0.25) is 0 Å². The van der Waals surface area contributed by atoms with Gasteiger partial charge in [0.15, 0.2) is 5.17 Å². The molecule has 1 heterocycles. The average Bonchev–Trinajstić information content (AvgIpc) is 3.01. The Balaban J connectivity index is 1.76. The SMILES string of the molecule is CCCCCNC(=O)CC1SC(=Nc2ccccc2)N(c2ccccc2)C1=O. The lowest BCUT2D eigenvalue weighted by atomic mass is 10.2. The number of amidine groups is 1. The highest BCUT2D eigenvalue weighted by Gasteiger charge is 2.40. The maximum absolute atomic E-state index is 13.1. The second-order valence-electron chi connectivity index (χ2n) is 6.61. The van der Waals surface area contributed by atoms with E-state index in [-0.39, 0.29) is 18.2 Å². The highest BCUT2D eigenvalue weighted by molar-refractivity contribution is 8.16. The number of anilines is 1. The molecule has 0 spiro atoms. The van der Waals surface area contributed by atoms with Crippen LogP contribution in [-0.4, -0.2) is 28.8 Å². The molecule has 5 nitrogen and oxygen atoms in total. The summed E-state index contributed by atoms with van der Waals surface area (Å²) < 4.78 is 0. The van der Waals surface area contributed by atoms with Crippen LogP contribution in [0, 0.1) is 0 Å². The standard InChI is InChI=1S/C22H25N3O2S/c1-2-3-10-15-23-20(26)16-19-21(27)25(18-13-8-5-9-14-18)22(28-19)24-17-11-6-4-7-12-17/h4-9,11-14,19H,2-3,10,15-16H2,1H3,(H,23,26). The Morgan fingerprint density at radius 3 is 2.43 bits per heavy atom. The quantitative estimate of drug-likeness (QED) is 0.669. The number of unbranched alkanes of at least 4 members (excludes halogenated alkanes) is 2. The van der Waals surface area contributed by atoms with Crippen LogP contribution in [-0.2, 0) is 9.59 Å². The molecule has 0 radical (unpaired) electrons. The van der Waals surface area contributed by atoms with Crippen molar-refractivity contribution in [1.29, 1.82) is 0 Å². The monoisotopic (exact) mass is 395 g/mol. The summed E-state index contributed by atoms with van der Waals surface area (Å²) in [6.07, 6.45) is 3.32. The van der Waals surface area contributed by atoms with Crippen molar-refractivity contribution in [2.75, 3.05) is 11.4 Å². The van der Waals surface area contributed by atoms with Gasteiger partial charge in [0.05, 0.1) is 11.4 Å². The van der Waals surface area contributed by atoms with Gasteiger partial charge in [-0.1, -0.05) is 67.9 Å². The number of nitrogens with one attached hydrogen (secondary N) is 1. The van der Waals surface area contributed by atoms with Crippen LogP contribution in [0.25, 0.3) is 0 Å². The van der Waals surface area contributed by atoms with Gasteiger partial charge in [-0.05, 0) is 30.7 Å². The zero-order valence-electron chi connectivity index (χ0n) is 16.0. The van der Waals surface area contributed by atoms with Gasteiger partial charge in [-0.15, -0.1) is 0 Å². The van der Waals surface area contributed by atoms with E-state index in [9.17, 15) is 9.59 Å². The summed E-state index contributed by atoms with van der Waals surface area (Å²) in [6.45, 7) is 2.78. The molecule has 0 aromatic heterocycles. The van der Waals surface area contributed by atoms with Crippen molar-refractivity contribution in [2.45, 2.75) is 37.9 Å². The van der Waals surface area contributed by atoms with Gasteiger partial charge in [0, 0.05) is 13.0 Å². The van der Waals surface area contributed by atoms with E-state index in [1.807, 2.05) is 60.7 Å². The number of rotatable bonds is 8. The molecule has 1 fully saturated rings. The molecule has 0 aliphatic carbocycles. The zero-order valence-corrected chi connectivity index (χ0v) is 16.8. The molecule has 2 amide bonds. The summed E-state index contributed by atoms with van der Waals surface area (Å²) >= 11 is 1.35. The maximum atomic E-state index is 13.1. The van der Waals surface area contributed by atoms with E-state index >= 15 is 0 Å². The van der Waals surface area contributed by atoms with E-state index in [0.717, 1.165) is 30.6 Å². The molecule has 0 bridgehead atoms. The van der Waals surface area contributed by atoms with Gasteiger partial charge in [0.1, 0.15) is 5.25 Å². The van der Waals surface area contributed by atoms with Gasteiger partial charge in [-0.3, -0.25) is 14.5 Å². The molecular weight excluding hydrogens is 370 g/mol. The lowest BCUT2D eigenvalue weighted by Crippen LogP contribution is -2.35. The molecule has 3 rings (SSSR count). The summed E-state index contributed by atoms with van der Waals surface area (Å²) in [5.41, 5.74) is 1.55. The van der Waals surface area contributed by atoms with Gasteiger partial charge in [0.2, 0.25) is 11.8 Å². The van der Waals surface area contributed by atoms with Gasteiger partial charge in [0.25, 0.3) is 0 Å². The Kier molecular flexibility index (Phi) is 7.25. The van der Waals surface area contributed by atoms with Crippen molar-refractivity contribution in [3.05, 3.63) is 60.7 Å². The van der Waals surface area contributed by atoms with Crippen LogP contribution < -0.4 is 10.2 Å². The number of benzene rings is 2. The molecule has 1 saturated heterocycles. The fourth-order valence-corrected chi connectivity index (χ4v) is 4.10. The summed E-state index contributed by atoms with van der Waals surface area (Å²) in [5.74, 6) is -0.189. The number of aliphatic imine (C=N–C) groups is 1. The van der Waals surface area contributed by atoms with E-state index < -0.39 is 5.25 Å². The number of carbonyl (C=O) groups excluding carboxylic acids is 2. The second-order valence-corrected chi connectivity index (χ2v) is 7.78. The Bertz CT molecular complexity index is 824. The zero-order chi connectivity index (χ0) is 19.8. The minimum absolute atomic E-state index is 0.0871. The Morgan fingerprint density at radius 2 is 1.75 bits per heavy atom. The minimum Gasteiger partial charge on any atom is -0.356 e. The molecule has 0 saturated carbocycles. The van der Waals surface area contributed by atoms with Gasteiger partial charge in [-0.25, -0.2) is 4.99 Å². The van der Waals surface area contributed by atoms with E-state index in [1.165, 1.54) is 11.8 Å². The molecule has 146 valence electrons. The van der Waals surface area contributed by atoms with Crippen LogP contribution in [0.4, 0.5) is 11.4 Å². The normalized spacial score (nSPS) is 17.9. The molecule has 28 heavy (non-hydrogen) atoms. The number of amides is 2. The first-order valence-corrected chi connectivity index (χ1v) is 10.5. The van der Waals surface area contributed by atoms with E-state index in [2.05, 4.69) is 17.2 Å². The van der Waals surface area contributed by atoms with Crippen molar-refractivity contribution in [3.63, 3.8) is 0 Å². The number of hydrogen-bond acceptors (Lipinski definition) is 4. The van der Waals surface area contributed by atoms with Gasteiger partial charge < -0.3 is 5.32 Å². The van der Waals surface area contributed by atoms with E-state index in [1.54, 1.807) is 4.90 Å². The fourth-order valence-electron chi connectivity index (χ4n) is 2.95. The molecule has 1 aliphatic heterocycles. The molecule has 1 atom stereocenters. The molecule has 2 aromatic carbocycles. The summed E-state index contributed by atoms with van der Waals surface area (Å²) in [6, 6.07) is 19.0. The molecule has 1 unspecified atom stereocenters. The molecule has 1 N–H and O–H groups in total. The topological polar surface area (TPSA) is 61.8 Å². The predicted octanol–water partition coefficient (Wildman–Crippen LogP) is 4.52. The molecule has 2 aromatic rings.